The van der Waals surface area contributed by atoms with Crippen LogP contribution in [0, 0.1) is 6.92 Å². The van der Waals surface area contributed by atoms with Gasteiger partial charge in [-0.1, -0.05) is 60.2 Å². The standard InChI is InChI=1S/C25H25NO5S/c1-18-11-13-21(14-12-18)32(28,29)31-17-22(27)24(19-7-4-3-5-8-19)26-16-15-20-9-6-10-23(30-2)25(20)26/h3-16,22,24,27H,17H2,1-2H3. The predicted octanol–water partition coefficient (Wildman–Crippen LogP) is 4.31. The highest BCUT2D eigenvalue weighted by Gasteiger charge is 2.28. The van der Waals surface area contributed by atoms with Gasteiger partial charge in [-0.3, -0.25) is 4.18 Å². The molecule has 0 fully saturated rings. The van der Waals surface area contributed by atoms with Crippen molar-refractivity contribution in [1.29, 1.82) is 0 Å². The molecule has 3 aromatic carbocycles. The van der Waals surface area contributed by atoms with Crippen LogP contribution in [0.5, 0.6) is 5.75 Å². The highest BCUT2D eigenvalue weighted by Crippen LogP contribution is 2.33. The number of rotatable bonds is 8. The Morgan fingerprint density at radius 1 is 0.938 bits per heavy atom. The van der Waals surface area contributed by atoms with Crippen LogP contribution in [0.2, 0.25) is 0 Å². The molecule has 2 atom stereocenters. The van der Waals surface area contributed by atoms with Gasteiger partial charge in [0.05, 0.1) is 30.2 Å². The zero-order chi connectivity index (χ0) is 22.7. The van der Waals surface area contributed by atoms with E-state index in [-0.39, 0.29) is 4.90 Å². The van der Waals surface area contributed by atoms with E-state index in [4.69, 9.17) is 8.92 Å². The number of aliphatic hydroxyl groups excluding tert-OH is 1. The lowest BCUT2D eigenvalue weighted by atomic mass is 10.0. The van der Waals surface area contributed by atoms with Crippen LogP contribution < -0.4 is 4.74 Å². The highest BCUT2D eigenvalue weighted by molar-refractivity contribution is 7.86. The van der Waals surface area contributed by atoms with Crippen LogP contribution in [-0.4, -0.2) is 37.9 Å². The van der Waals surface area contributed by atoms with Crippen molar-refractivity contribution in [2.24, 2.45) is 0 Å². The van der Waals surface area contributed by atoms with Crippen LogP contribution in [0.4, 0.5) is 0 Å². The quantitative estimate of drug-likeness (QED) is 0.404. The van der Waals surface area contributed by atoms with Gasteiger partial charge in [-0.25, -0.2) is 0 Å². The molecule has 6 nitrogen and oxygen atoms in total. The van der Waals surface area contributed by atoms with Gasteiger partial charge in [0.1, 0.15) is 11.9 Å². The van der Waals surface area contributed by atoms with Gasteiger partial charge in [0.25, 0.3) is 10.1 Å². The third-order valence-corrected chi connectivity index (χ3v) is 6.73. The fourth-order valence-corrected chi connectivity index (χ4v) is 4.75. The summed E-state index contributed by atoms with van der Waals surface area (Å²) in [6, 6.07) is 22.9. The summed E-state index contributed by atoms with van der Waals surface area (Å²) in [6.07, 6.45) is 0.723. The van der Waals surface area contributed by atoms with Crippen molar-refractivity contribution in [3.05, 3.63) is 96.2 Å². The first-order valence-electron chi connectivity index (χ1n) is 10.2. The average molecular weight is 452 g/mol. The first-order chi connectivity index (χ1) is 15.4. The van der Waals surface area contributed by atoms with Crippen LogP contribution in [0.25, 0.3) is 10.9 Å². The second-order valence-electron chi connectivity index (χ2n) is 7.60. The van der Waals surface area contributed by atoms with E-state index in [1.165, 1.54) is 12.1 Å². The second-order valence-corrected chi connectivity index (χ2v) is 9.21. The summed E-state index contributed by atoms with van der Waals surface area (Å²) >= 11 is 0. The van der Waals surface area contributed by atoms with Crippen molar-refractivity contribution in [3.8, 4) is 5.75 Å². The molecule has 0 saturated carbocycles. The molecule has 1 N–H and O–H groups in total. The lowest BCUT2D eigenvalue weighted by Crippen LogP contribution is -2.30. The van der Waals surface area contributed by atoms with E-state index in [1.807, 2.05) is 72.3 Å². The van der Waals surface area contributed by atoms with Crippen LogP contribution in [0.1, 0.15) is 17.2 Å². The largest absolute Gasteiger partial charge is 0.495 e. The Hall–Kier alpha value is -3.13. The number of ether oxygens (including phenoxy) is 1. The summed E-state index contributed by atoms with van der Waals surface area (Å²) in [4.78, 5) is 0.0552. The number of methoxy groups -OCH3 is 1. The van der Waals surface area contributed by atoms with E-state index in [2.05, 4.69) is 0 Å². The molecule has 0 radical (unpaired) electrons. The maximum atomic E-state index is 12.6. The average Bonchev–Trinajstić information content (AvgIpc) is 3.23. The molecule has 0 saturated heterocycles. The number of para-hydroxylation sites is 1. The van der Waals surface area contributed by atoms with Gasteiger partial charge >= 0.3 is 0 Å². The van der Waals surface area contributed by atoms with Gasteiger partial charge in [0, 0.05) is 11.6 Å². The third-order valence-electron chi connectivity index (χ3n) is 5.43. The molecule has 1 heterocycles. The van der Waals surface area contributed by atoms with Crippen molar-refractivity contribution >= 4 is 21.0 Å². The zero-order valence-corrected chi connectivity index (χ0v) is 18.7. The van der Waals surface area contributed by atoms with Crippen LogP contribution in [0.15, 0.2) is 90.0 Å². The summed E-state index contributed by atoms with van der Waals surface area (Å²) in [7, 11) is -2.41. The first-order valence-corrected chi connectivity index (χ1v) is 11.6. The van der Waals surface area contributed by atoms with Crippen LogP contribution in [0.3, 0.4) is 0 Å². The number of benzene rings is 3. The number of hydrogen-bond donors (Lipinski definition) is 1. The predicted molar refractivity (Wildman–Crippen MR) is 123 cm³/mol. The van der Waals surface area contributed by atoms with Crippen LogP contribution >= 0.6 is 0 Å². The van der Waals surface area contributed by atoms with E-state index in [0.29, 0.717) is 5.75 Å². The molecule has 32 heavy (non-hydrogen) atoms. The summed E-state index contributed by atoms with van der Waals surface area (Å²) in [5, 5.41) is 12.1. The van der Waals surface area contributed by atoms with Crippen LogP contribution in [-0.2, 0) is 14.3 Å². The van der Waals surface area contributed by atoms with Gasteiger partial charge in [0.15, 0.2) is 0 Å². The summed E-state index contributed by atoms with van der Waals surface area (Å²) in [5.41, 5.74) is 2.57. The van der Waals surface area contributed by atoms with Crippen molar-refractivity contribution in [3.63, 3.8) is 0 Å². The lowest BCUT2D eigenvalue weighted by molar-refractivity contribution is 0.0784. The maximum absolute atomic E-state index is 12.6. The van der Waals surface area contributed by atoms with Crippen molar-refractivity contribution in [2.45, 2.75) is 24.0 Å². The van der Waals surface area contributed by atoms with E-state index < -0.39 is 28.9 Å². The molecule has 7 heteroatoms. The minimum absolute atomic E-state index is 0.0552. The topological polar surface area (TPSA) is 77.8 Å². The molecule has 0 aliphatic carbocycles. The molecule has 2 unspecified atom stereocenters. The molecule has 0 amide bonds. The van der Waals surface area contributed by atoms with E-state index in [1.54, 1.807) is 19.2 Å². The molecule has 4 rings (SSSR count). The number of aromatic nitrogens is 1. The number of hydrogen-bond acceptors (Lipinski definition) is 5. The first kappa shape index (κ1) is 22.1. The fraction of sp³-hybridized carbons (Fsp3) is 0.200. The number of aliphatic hydroxyl groups is 1. The lowest BCUT2D eigenvalue weighted by Gasteiger charge is -2.26. The zero-order valence-electron chi connectivity index (χ0n) is 17.9. The van der Waals surface area contributed by atoms with Gasteiger partial charge in [-0.05, 0) is 36.8 Å². The Kier molecular flexibility index (Phi) is 6.32. The molecule has 0 spiro atoms. The Morgan fingerprint density at radius 2 is 1.66 bits per heavy atom. The van der Waals surface area contributed by atoms with E-state index in [9.17, 15) is 13.5 Å². The normalized spacial score (nSPS) is 13.7. The Morgan fingerprint density at radius 3 is 2.34 bits per heavy atom. The fourth-order valence-electron chi connectivity index (χ4n) is 3.82. The molecule has 1 aromatic heterocycles. The number of fused-ring (bicyclic) bond motifs is 1. The molecular formula is C25H25NO5S. The Balaban J connectivity index is 1.69. The van der Waals surface area contributed by atoms with Crippen molar-refractivity contribution in [1.82, 2.24) is 4.57 Å². The van der Waals surface area contributed by atoms with Crippen molar-refractivity contribution in [2.75, 3.05) is 13.7 Å². The third kappa shape index (κ3) is 4.41. The number of nitrogens with zero attached hydrogens (tertiary/aromatic N) is 1. The minimum atomic E-state index is -4.01. The molecule has 0 aliphatic heterocycles. The summed E-state index contributed by atoms with van der Waals surface area (Å²) in [6.45, 7) is 1.48. The summed E-state index contributed by atoms with van der Waals surface area (Å²) < 4.78 is 38.0. The SMILES string of the molecule is COc1cccc2ccn(C(c3ccccc3)C(O)COS(=O)(=O)c3ccc(C)cc3)c12. The highest BCUT2D eigenvalue weighted by atomic mass is 32.2. The second kappa shape index (κ2) is 9.16. The molecular weight excluding hydrogens is 426 g/mol. The Bertz CT molecular complexity index is 1300. The van der Waals surface area contributed by atoms with Gasteiger partial charge < -0.3 is 14.4 Å². The Labute approximate surface area is 187 Å². The van der Waals surface area contributed by atoms with Gasteiger partial charge in [0.2, 0.25) is 0 Å². The number of aryl methyl sites for hydroxylation is 1. The monoisotopic (exact) mass is 451 g/mol. The van der Waals surface area contributed by atoms with Gasteiger partial charge in [-0.2, -0.15) is 8.42 Å². The van der Waals surface area contributed by atoms with Gasteiger partial charge in [-0.15, -0.1) is 0 Å². The molecule has 0 aliphatic rings. The van der Waals surface area contributed by atoms with E-state index in [0.717, 1.165) is 22.0 Å². The maximum Gasteiger partial charge on any atom is 0.297 e. The molecule has 166 valence electrons. The van der Waals surface area contributed by atoms with Crippen molar-refractivity contribution < 1.29 is 22.4 Å². The molecule has 4 aromatic rings. The summed E-state index contributed by atoms with van der Waals surface area (Å²) in [5.74, 6) is 0.661. The van der Waals surface area contributed by atoms with E-state index >= 15 is 0 Å². The smallest absolute Gasteiger partial charge is 0.297 e. The molecule has 0 bridgehead atoms. The minimum Gasteiger partial charge on any atom is -0.495 e.